The Morgan fingerprint density at radius 3 is 2.27 bits per heavy atom. The Hall–Kier alpha value is -2.58. The standard InChI is InChI=1S/C18H18N2O5S/c1-13-15(12-21)11-19(18(13)14-5-3-2-4-6-14)26(24,25)17-9-7-16(8-10-17)20(22)23/h2-10,12-13,15,18H,11H2,1H3/t13-,15-,18-/m1/s1. The number of rotatable bonds is 5. The zero-order valence-corrected chi connectivity index (χ0v) is 14.9. The fourth-order valence-electron chi connectivity index (χ4n) is 3.39. The molecule has 0 unspecified atom stereocenters. The number of nitrogens with zero attached hydrogens (tertiary/aromatic N) is 2. The molecule has 0 N–H and O–H groups in total. The third-order valence-corrected chi connectivity index (χ3v) is 6.71. The molecule has 8 heteroatoms. The van der Waals surface area contributed by atoms with E-state index in [0.717, 1.165) is 11.8 Å². The SMILES string of the molecule is C[C@@H]1[C@@H](C=O)CN(S(=O)(=O)c2ccc([N+](=O)[O-])cc2)[C@H]1c1ccccc1. The van der Waals surface area contributed by atoms with Crippen LogP contribution in [-0.2, 0) is 14.8 Å². The van der Waals surface area contributed by atoms with Crippen molar-refractivity contribution in [2.45, 2.75) is 17.9 Å². The van der Waals surface area contributed by atoms with Crippen LogP contribution in [0.1, 0.15) is 18.5 Å². The van der Waals surface area contributed by atoms with Gasteiger partial charge in [0.25, 0.3) is 5.69 Å². The van der Waals surface area contributed by atoms with Gasteiger partial charge in [-0.2, -0.15) is 4.31 Å². The van der Waals surface area contributed by atoms with Gasteiger partial charge in [0, 0.05) is 24.6 Å². The lowest BCUT2D eigenvalue weighted by atomic mass is 9.90. The summed E-state index contributed by atoms with van der Waals surface area (Å²) in [6, 6.07) is 13.5. The number of nitro groups is 1. The molecule has 0 bridgehead atoms. The second-order valence-corrected chi connectivity index (χ2v) is 8.23. The molecule has 1 heterocycles. The third-order valence-electron chi connectivity index (χ3n) is 4.84. The van der Waals surface area contributed by atoms with Crippen LogP contribution < -0.4 is 0 Å². The molecule has 0 radical (unpaired) electrons. The number of nitro benzene ring substituents is 1. The lowest BCUT2D eigenvalue weighted by Gasteiger charge is -2.26. The summed E-state index contributed by atoms with van der Waals surface area (Å²) >= 11 is 0. The van der Waals surface area contributed by atoms with Crippen LogP contribution in [0, 0.1) is 22.0 Å². The van der Waals surface area contributed by atoms with Gasteiger partial charge in [-0.15, -0.1) is 0 Å². The normalized spacial score (nSPS) is 23.7. The molecule has 0 saturated carbocycles. The minimum Gasteiger partial charge on any atom is -0.303 e. The highest BCUT2D eigenvalue weighted by Gasteiger charge is 2.45. The zero-order valence-electron chi connectivity index (χ0n) is 14.1. The monoisotopic (exact) mass is 374 g/mol. The number of carbonyl (C=O) groups is 1. The van der Waals surface area contributed by atoms with Crippen molar-refractivity contribution in [2.75, 3.05) is 6.54 Å². The van der Waals surface area contributed by atoms with Gasteiger partial charge in [-0.3, -0.25) is 10.1 Å². The largest absolute Gasteiger partial charge is 0.303 e. The van der Waals surface area contributed by atoms with Crippen LogP contribution in [0.2, 0.25) is 0 Å². The summed E-state index contributed by atoms with van der Waals surface area (Å²) in [4.78, 5) is 21.6. The van der Waals surface area contributed by atoms with Gasteiger partial charge in [0.05, 0.1) is 15.9 Å². The van der Waals surface area contributed by atoms with E-state index >= 15 is 0 Å². The minimum absolute atomic E-state index is 0.0252. The van der Waals surface area contributed by atoms with Gasteiger partial charge in [0.2, 0.25) is 10.0 Å². The van der Waals surface area contributed by atoms with E-state index in [9.17, 15) is 23.3 Å². The van der Waals surface area contributed by atoms with E-state index in [0.29, 0.717) is 0 Å². The Labute approximate surface area is 151 Å². The van der Waals surface area contributed by atoms with E-state index in [1.165, 1.54) is 28.6 Å². The first-order chi connectivity index (χ1) is 12.4. The predicted molar refractivity (Wildman–Crippen MR) is 94.9 cm³/mol. The summed E-state index contributed by atoms with van der Waals surface area (Å²) < 4.78 is 27.6. The molecule has 2 aromatic rings. The number of non-ortho nitro benzene ring substituents is 1. The molecule has 0 aliphatic carbocycles. The maximum Gasteiger partial charge on any atom is 0.269 e. The molecule has 0 amide bonds. The molecule has 3 rings (SSSR count). The van der Waals surface area contributed by atoms with E-state index in [1.807, 2.05) is 37.3 Å². The Kier molecular flexibility index (Phi) is 4.88. The van der Waals surface area contributed by atoms with Crippen LogP contribution >= 0.6 is 0 Å². The van der Waals surface area contributed by atoms with Crippen molar-refractivity contribution in [1.82, 2.24) is 4.31 Å². The summed E-state index contributed by atoms with van der Waals surface area (Å²) in [6.45, 7) is 1.95. The molecule has 1 saturated heterocycles. The van der Waals surface area contributed by atoms with E-state index in [4.69, 9.17) is 0 Å². The second kappa shape index (κ2) is 6.97. The fraction of sp³-hybridized carbons (Fsp3) is 0.278. The summed E-state index contributed by atoms with van der Waals surface area (Å²) in [7, 11) is -3.90. The first-order valence-corrected chi connectivity index (χ1v) is 9.57. The molecule has 136 valence electrons. The van der Waals surface area contributed by atoms with Gasteiger partial charge in [-0.1, -0.05) is 37.3 Å². The zero-order chi connectivity index (χ0) is 18.9. The van der Waals surface area contributed by atoms with E-state index in [2.05, 4.69) is 0 Å². The number of benzene rings is 2. The first-order valence-electron chi connectivity index (χ1n) is 8.13. The Bertz CT molecular complexity index is 912. The molecule has 1 aliphatic rings. The highest BCUT2D eigenvalue weighted by atomic mass is 32.2. The van der Waals surface area contributed by atoms with Crippen LogP contribution in [0.3, 0.4) is 0 Å². The minimum atomic E-state index is -3.90. The van der Waals surface area contributed by atoms with Crippen LogP contribution in [0.25, 0.3) is 0 Å². The molecular weight excluding hydrogens is 356 g/mol. The number of carbonyl (C=O) groups excluding carboxylic acids is 1. The van der Waals surface area contributed by atoms with E-state index in [1.54, 1.807) is 0 Å². The maximum absolute atomic E-state index is 13.1. The van der Waals surface area contributed by atoms with Gasteiger partial charge in [0.15, 0.2) is 0 Å². The molecule has 7 nitrogen and oxygen atoms in total. The van der Waals surface area contributed by atoms with Crippen LogP contribution in [0.4, 0.5) is 5.69 Å². The lowest BCUT2D eigenvalue weighted by molar-refractivity contribution is -0.384. The van der Waals surface area contributed by atoms with Crippen molar-refractivity contribution >= 4 is 22.0 Å². The van der Waals surface area contributed by atoms with Crippen molar-refractivity contribution in [1.29, 1.82) is 0 Å². The molecule has 1 fully saturated rings. The Morgan fingerprint density at radius 1 is 1.12 bits per heavy atom. The number of hydrogen-bond donors (Lipinski definition) is 0. The fourth-order valence-corrected chi connectivity index (χ4v) is 5.13. The molecule has 1 aliphatic heterocycles. The summed E-state index contributed by atoms with van der Waals surface area (Å²) in [5, 5.41) is 10.8. The average molecular weight is 374 g/mol. The molecule has 0 spiro atoms. The number of sulfonamides is 1. The quantitative estimate of drug-likeness (QED) is 0.455. The van der Waals surface area contributed by atoms with Crippen molar-refractivity contribution < 1.29 is 18.1 Å². The molecule has 3 atom stereocenters. The van der Waals surface area contributed by atoms with Gasteiger partial charge >= 0.3 is 0 Å². The van der Waals surface area contributed by atoms with E-state index < -0.39 is 26.9 Å². The second-order valence-electron chi connectivity index (χ2n) is 6.34. The van der Waals surface area contributed by atoms with Crippen LogP contribution in [0.5, 0.6) is 0 Å². The highest BCUT2D eigenvalue weighted by Crippen LogP contribution is 2.43. The third kappa shape index (κ3) is 3.13. The van der Waals surface area contributed by atoms with Gasteiger partial charge in [-0.25, -0.2) is 8.42 Å². The van der Waals surface area contributed by atoms with Crippen molar-refractivity contribution in [3.05, 3.63) is 70.3 Å². The first kappa shape index (κ1) is 18.2. The van der Waals surface area contributed by atoms with Gasteiger partial charge < -0.3 is 4.79 Å². The topological polar surface area (TPSA) is 97.6 Å². The van der Waals surface area contributed by atoms with E-state index in [-0.39, 0.29) is 23.0 Å². The molecular formula is C18H18N2O5S. The average Bonchev–Trinajstić information content (AvgIpc) is 2.99. The maximum atomic E-state index is 13.1. The van der Waals surface area contributed by atoms with Crippen molar-refractivity contribution in [3.63, 3.8) is 0 Å². The molecule has 26 heavy (non-hydrogen) atoms. The van der Waals surface area contributed by atoms with Gasteiger partial charge in [0.1, 0.15) is 6.29 Å². The summed E-state index contributed by atoms with van der Waals surface area (Å²) in [6.07, 6.45) is 0.798. The predicted octanol–water partition coefficient (Wildman–Crippen LogP) is 2.79. The Morgan fingerprint density at radius 2 is 1.73 bits per heavy atom. The lowest BCUT2D eigenvalue weighted by Crippen LogP contribution is -2.32. The summed E-state index contributed by atoms with van der Waals surface area (Å²) in [5.41, 5.74) is 0.638. The smallest absolute Gasteiger partial charge is 0.269 e. The van der Waals surface area contributed by atoms with Crippen LogP contribution in [-0.4, -0.2) is 30.5 Å². The Balaban J connectivity index is 2.03. The number of hydrogen-bond acceptors (Lipinski definition) is 5. The van der Waals surface area contributed by atoms with Crippen molar-refractivity contribution in [3.8, 4) is 0 Å². The molecule has 0 aromatic heterocycles. The highest BCUT2D eigenvalue weighted by molar-refractivity contribution is 7.89. The van der Waals surface area contributed by atoms with Crippen LogP contribution in [0.15, 0.2) is 59.5 Å². The van der Waals surface area contributed by atoms with Gasteiger partial charge in [-0.05, 0) is 23.6 Å². The number of aldehydes is 1. The molecule has 2 aromatic carbocycles. The van der Waals surface area contributed by atoms with Crippen molar-refractivity contribution in [2.24, 2.45) is 11.8 Å². The summed E-state index contributed by atoms with van der Waals surface area (Å²) in [5.74, 6) is -0.587.